The average molecular weight is 665 g/mol. The molecule has 3 heteroatoms. The molecule has 0 N–H and O–H groups in total. The molecule has 0 fully saturated rings. The summed E-state index contributed by atoms with van der Waals surface area (Å²) in [5.74, 6) is 0. The van der Waals surface area contributed by atoms with Crippen LogP contribution < -0.4 is 24.8 Å². The molecule has 0 unspecified atom stereocenters. The van der Waals surface area contributed by atoms with E-state index in [0.29, 0.717) is 0 Å². The molecule has 4 aromatic carbocycles. The Morgan fingerprint density at radius 1 is 0.732 bits per heavy atom. The van der Waals surface area contributed by atoms with Gasteiger partial charge >= 0.3 is 83.1 Å². The number of halogens is 2. The molecule has 4 aromatic rings. The van der Waals surface area contributed by atoms with Gasteiger partial charge in [0.1, 0.15) is 0 Å². The van der Waals surface area contributed by atoms with Crippen LogP contribution in [0.4, 0.5) is 0 Å². The fraction of sp³-hybridized carbons (Fsp3) is 0.368. The van der Waals surface area contributed by atoms with Crippen molar-refractivity contribution in [2.45, 2.75) is 91.9 Å². The van der Waals surface area contributed by atoms with Crippen LogP contribution in [0.15, 0.2) is 78.9 Å². The zero-order chi connectivity index (χ0) is 29.0. The molecule has 0 atom stereocenters. The number of rotatable bonds is 2. The largest absolute Gasteiger partial charge is 1.00 e. The third kappa shape index (κ3) is 9.68. The van der Waals surface area contributed by atoms with Crippen LogP contribution in [-0.2, 0) is 40.5 Å². The molecular weight excluding hydrogens is 619 g/mol. The van der Waals surface area contributed by atoms with Crippen LogP contribution >= 0.6 is 0 Å². The first-order valence-electron chi connectivity index (χ1n) is 14.1. The van der Waals surface area contributed by atoms with Gasteiger partial charge in [0, 0.05) is 0 Å². The van der Waals surface area contributed by atoms with Gasteiger partial charge in [-0.1, -0.05) is 75.9 Å². The van der Waals surface area contributed by atoms with Crippen molar-refractivity contribution in [3.8, 4) is 0 Å². The van der Waals surface area contributed by atoms with Crippen LogP contribution in [0, 0.1) is 19.9 Å². The van der Waals surface area contributed by atoms with Gasteiger partial charge in [0.15, 0.2) is 0 Å². The van der Waals surface area contributed by atoms with Crippen molar-refractivity contribution >= 4 is 25.3 Å². The average Bonchev–Trinajstić information content (AvgIpc) is 3.54. The summed E-state index contributed by atoms with van der Waals surface area (Å²) >= 11 is 1.49. The van der Waals surface area contributed by atoms with E-state index in [0.717, 1.165) is 6.42 Å². The van der Waals surface area contributed by atoms with E-state index >= 15 is 0 Å². The maximum atomic E-state index is 2.99. The van der Waals surface area contributed by atoms with Crippen LogP contribution in [-0.4, -0.2) is 3.71 Å². The second-order valence-corrected chi connectivity index (χ2v) is 14.1. The molecule has 1 aliphatic carbocycles. The van der Waals surface area contributed by atoms with E-state index in [1.807, 2.05) is 12.2 Å². The fourth-order valence-electron chi connectivity index (χ4n) is 5.24. The van der Waals surface area contributed by atoms with Crippen molar-refractivity contribution < 1.29 is 49.0 Å². The van der Waals surface area contributed by atoms with E-state index in [2.05, 4.69) is 146 Å². The minimum Gasteiger partial charge on any atom is -1.00 e. The van der Waals surface area contributed by atoms with Gasteiger partial charge in [0.25, 0.3) is 0 Å². The van der Waals surface area contributed by atoms with Crippen LogP contribution in [0.5, 0.6) is 0 Å². The third-order valence-electron chi connectivity index (χ3n) is 7.47. The molecule has 0 saturated carbocycles. The van der Waals surface area contributed by atoms with Crippen molar-refractivity contribution in [3.63, 3.8) is 0 Å². The quantitative estimate of drug-likeness (QED) is 0.276. The summed E-state index contributed by atoms with van der Waals surface area (Å²) in [6, 6.07) is 22.5. The van der Waals surface area contributed by atoms with Gasteiger partial charge in [-0.25, -0.2) is 12.2 Å². The molecule has 0 saturated heterocycles. The number of fused-ring (bicyclic) bond motifs is 3. The molecule has 218 valence electrons. The van der Waals surface area contributed by atoms with Crippen LogP contribution in [0.3, 0.4) is 0 Å². The maximum Gasteiger partial charge on any atom is -0.0142 e. The van der Waals surface area contributed by atoms with Gasteiger partial charge in [-0.3, -0.25) is 6.08 Å². The number of hydrogen-bond acceptors (Lipinski definition) is 0. The molecule has 0 radical (unpaired) electrons. The summed E-state index contributed by atoms with van der Waals surface area (Å²) in [6.07, 6.45) is 10.0. The third-order valence-corrected chi connectivity index (χ3v) is 9.25. The topological polar surface area (TPSA) is 0 Å². The van der Waals surface area contributed by atoms with Crippen molar-refractivity contribution in [2.24, 2.45) is 0 Å². The first kappa shape index (κ1) is 37.4. The van der Waals surface area contributed by atoms with Gasteiger partial charge in [-0.15, -0.1) is 46.2 Å². The molecular formula is C38H46Cl2Zr-2. The number of benzene rings is 3. The summed E-state index contributed by atoms with van der Waals surface area (Å²) < 4.78 is 2.31. The molecule has 0 aromatic heterocycles. The maximum absolute atomic E-state index is 2.99. The van der Waals surface area contributed by atoms with Gasteiger partial charge < -0.3 is 24.8 Å². The van der Waals surface area contributed by atoms with E-state index in [1.54, 1.807) is 0 Å². The first-order chi connectivity index (χ1) is 18.1. The Morgan fingerprint density at radius 2 is 1.20 bits per heavy atom. The zero-order valence-electron chi connectivity index (χ0n) is 26.5. The smallest absolute Gasteiger partial charge is 0.0142 e. The Morgan fingerprint density at radius 3 is 1.51 bits per heavy atom. The minimum absolute atomic E-state index is 0. The number of aryl methyl sites for hydroxylation is 2. The summed E-state index contributed by atoms with van der Waals surface area (Å²) in [4.78, 5) is 0. The SMILES string of the molecule is CC(C)([CH]=[Zr+2])c1ccccc1.Cc1cc2[cH-]c3cc(C)c(C(C)(C)C)cc3c2cc1C(C)(C)C.[C-]1=CC=CC1.[Cl-].[Cl-]. The predicted octanol–water partition coefficient (Wildman–Crippen LogP) is 4.55. The standard InChI is InChI=1S/C23H29.C10H12.C5H5.2ClH.Zr/c1-14-9-16-11-17-10-15(2)21(23(6,7)8)13-19(17)18(16)12-20(14)22(3,4)5;1-10(2,3)9-7-5-4-6-8-9;1-2-4-5-3-1;;;/h9-13H,1-8H3;1,4-8H,2-3H3;1-3H,4H2;2*1H;/q-1;;-1;;;+2/p-2. The van der Waals surface area contributed by atoms with E-state index in [1.165, 1.54) is 73.6 Å². The van der Waals surface area contributed by atoms with E-state index in [4.69, 9.17) is 0 Å². The van der Waals surface area contributed by atoms with Gasteiger partial charge in [0.05, 0.1) is 0 Å². The second kappa shape index (κ2) is 15.2. The van der Waals surface area contributed by atoms with Crippen molar-refractivity contribution in [1.29, 1.82) is 0 Å². The van der Waals surface area contributed by atoms with Crippen LogP contribution in [0.1, 0.15) is 89.6 Å². The van der Waals surface area contributed by atoms with E-state index in [9.17, 15) is 0 Å². The predicted molar refractivity (Wildman–Crippen MR) is 171 cm³/mol. The summed E-state index contributed by atoms with van der Waals surface area (Å²) in [5.41, 5.74) is 7.71. The molecule has 41 heavy (non-hydrogen) atoms. The summed E-state index contributed by atoms with van der Waals surface area (Å²) in [5, 5.41) is 5.55. The Hall–Kier alpha value is -1.66. The van der Waals surface area contributed by atoms with Gasteiger partial charge in [0.2, 0.25) is 0 Å². The Bertz CT molecular complexity index is 1400. The van der Waals surface area contributed by atoms with Crippen LogP contribution in [0.25, 0.3) is 21.5 Å². The Balaban J connectivity index is 0.000000388. The number of hydrogen-bond donors (Lipinski definition) is 0. The first-order valence-corrected chi connectivity index (χ1v) is 15.5. The Labute approximate surface area is 277 Å². The van der Waals surface area contributed by atoms with Gasteiger partial charge in [-0.05, 0) is 24.7 Å². The molecule has 5 rings (SSSR count). The normalized spacial score (nSPS) is 12.6. The molecule has 0 spiro atoms. The van der Waals surface area contributed by atoms with Crippen molar-refractivity contribution in [2.75, 3.05) is 0 Å². The molecule has 0 aliphatic heterocycles. The monoisotopic (exact) mass is 662 g/mol. The fourth-order valence-corrected chi connectivity index (χ4v) is 5.65. The molecule has 1 aliphatic rings. The van der Waals surface area contributed by atoms with Crippen molar-refractivity contribution in [1.82, 2.24) is 0 Å². The number of allylic oxidation sites excluding steroid dienone is 4. The molecule has 0 amide bonds. The summed E-state index contributed by atoms with van der Waals surface area (Å²) in [7, 11) is 0. The zero-order valence-corrected chi connectivity index (χ0v) is 30.5. The molecule has 0 nitrogen and oxygen atoms in total. The minimum atomic E-state index is 0. The molecule has 0 bridgehead atoms. The second-order valence-electron chi connectivity index (χ2n) is 13.4. The Kier molecular flexibility index (Phi) is 13.8. The van der Waals surface area contributed by atoms with E-state index < -0.39 is 0 Å². The summed E-state index contributed by atoms with van der Waals surface area (Å²) in [6.45, 7) is 22.8. The van der Waals surface area contributed by atoms with Gasteiger partial charge in [-0.2, -0.15) is 6.08 Å². The van der Waals surface area contributed by atoms with Crippen LogP contribution in [0.2, 0.25) is 0 Å². The molecule has 0 heterocycles. The van der Waals surface area contributed by atoms with Crippen molar-refractivity contribution in [3.05, 3.63) is 113 Å². The van der Waals surface area contributed by atoms with E-state index in [-0.39, 0.29) is 41.1 Å².